The molecule has 2 bridgehead atoms. The largest absolute Gasteiger partial charge is 0.349 e. The SMILES string of the molecule is CC(C)CC(NS(=O)(=O)c1ccccc1)C(=O)NC1CCc2cc(ns2)CCNC(=O)C1=O. The standard InChI is InChI=1S/C22H28N4O5S2/c1-14(2)12-19(26-33(30,31)17-6-4-3-5-7-17)21(28)24-18-9-8-16-13-15(25-32-16)10-11-23-22(29)20(18)27/h3-7,13-14,18-19,26H,8-12H2,1-2H3,(H,23,29)(H,24,28). The number of aryl methyl sites for hydroxylation is 1. The lowest BCUT2D eigenvalue weighted by Gasteiger charge is -2.23. The van der Waals surface area contributed by atoms with E-state index in [9.17, 15) is 22.8 Å². The first-order valence-electron chi connectivity index (χ1n) is 10.8. The number of carbonyl (C=O) groups is 3. The van der Waals surface area contributed by atoms with Crippen LogP contribution in [0.15, 0.2) is 41.3 Å². The van der Waals surface area contributed by atoms with Gasteiger partial charge in [0.25, 0.3) is 5.91 Å². The first-order valence-corrected chi connectivity index (χ1v) is 13.1. The number of fused-ring (bicyclic) bond motifs is 2. The van der Waals surface area contributed by atoms with Gasteiger partial charge >= 0.3 is 0 Å². The van der Waals surface area contributed by atoms with Gasteiger partial charge in [0, 0.05) is 17.8 Å². The zero-order chi connectivity index (χ0) is 24.0. The highest BCUT2D eigenvalue weighted by Crippen LogP contribution is 2.16. The number of rotatable bonds is 7. The molecule has 33 heavy (non-hydrogen) atoms. The summed E-state index contributed by atoms with van der Waals surface area (Å²) in [6, 6.07) is 7.52. The number of ketones is 1. The van der Waals surface area contributed by atoms with E-state index in [4.69, 9.17) is 0 Å². The fourth-order valence-electron chi connectivity index (χ4n) is 3.50. The van der Waals surface area contributed by atoms with Crippen LogP contribution in [0.25, 0.3) is 0 Å². The van der Waals surface area contributed by atoms with Gasteiger partial charge in [0.1, 0.15) is 6.04 Å². The molecule has 3 N–H and O–H groups in total. The van der Waals surface area contributed by atoms with Crippen molar-refractivity contribution in [2.45, 2.75) is 56.5 Å². The number of hydrogen-bond acceptors (Lipinski definition) is 7. The minimum atomic E-state index is -3.95. The lowest BCUT2D eigenvalue weighted by Crippen LogP contribution is -2.54. The normalized spacial score (nSPS) is 18.3. The van der Waals surface area contributed by atoms with Crippen LogP contribution in [0.1, 0.15) is 37.3 Å². The van der Waals surface area contributed by atoms with Gasteiger partial charge in [-0.25, -0.2) is 8.42 Å². The van der Waals surface area contributed by atoms with Gasteiger partial charge in [0.2, 0.25) is 21.7 Å². The van der Waals surface area contributed by atoms with Gasteiger partial charge in [-0.1, -0.05) is 32.0 Å². The van der Waals surface area contributed by atoms with E-state index in [0.717, 1.165) is 10.6 Å². The molecule has 0 aliphatic carbocycles. The molecule has 1 aliphatic rings. The molecule has 1 aromatic heterocycles. The van der Waals surface area contributed by atoms with Crippen molar-refractivity contribution in [2.75, 3.05) is 6.54 Å². The fraction of sp³-hybridized carbons (Fsp3) is 0.455. The van der Waals surface area contributed by atoms with E-state index in [2.05, 4.69) is 19.7 Å². The third-order valence-corrected chi connectivity index (χ3v) is 7.56. The number of nitrogens with zero attached hydrogens (tertiary/aromatic N) is 1. The van der Waals surface area contributed by atoms with Gasteiger partial charge in [0.05, 0.1) is 16.6 Å². The molecular formula is C22H28N4O5S2. The summed E-state index contributed by atoms with van der Waals surface area (Å²) in [5, 5.41) is 5.19. The number of hydrogen-bond donors (Lipinski definition) is 3. The summed E-state index contributed by atoms with van der Waals surface area (Å²) in [6.45, 7) is 4.00. The van der Waals surface area contributed by atoms with Crippen LogP contribution in [-0.4, -0.2) is 49.0 Å². The summed E-state index contributed by atoms with van der Waals surface area (Å²) in [5.41, 5.74) is 0.845. The molecule has 3 rings (SSSR count). The summed E-state index contributed by atoms with van der Waals surface area (Å²) in [6.07, 6.45) is 1.42. The van der Waals surface area contributed by atoms with E-state index in [1.807, 2.05) is 19.9 Å². The van der Waals surface area contributed by atoms with Gasteiger partial charge in [-0.05, 0) is 54.9 Å². The molecular weight excluding hydrogens is 464 g/mol. The summed E-state index contributed by atoms with van der Waals surface area (Å²) >= 11 is 1.33. The molecule has 2 amide bonds. The summed E-state index contributed by atoms with van der Waals surface area (Å²) in [5.74, 6) is -2.17. The Morgan fingerprint density at radius 2 is 1.94 bits per heavy atom. The highest BCUT2D eigenvalue weighted by atomic mass is 32.2. The van der Waals surface area contributed by atoms with E-state index in [-0.39, 0.29) is 30.2 Å². The topological polar surface area (TPSA) is 134 Å². The highest BCUT2D eigenvalue weighted by molar-refractivity contribution is 7.89. The number of amides is 2. The van der Waals surface area contributed by atoms with Crippen molar-refractivity contribution < 1.29 is 22.8 Å². The third kappa shape index (κ3) is 6.92. The summed E-state index contributed by atoms with van der Waals surface area (Å²) in [7, 11) is -3.95. The van der Waals surface area contributed by atoms with Crippen LogP contribution in [0.3, 0.4) is 0 Å². The number of aromatic nitrogens is 1. The molecule has 0 saturated carbocycles. The number of Topliss-reactive ketones (excluding diaryl/α,β-unsaturated/α-hetero) is 1. The van der Waals surface area contributed by atoms with Gasteiger partial charge < -0.3 is 10.6 Å². The van der Waals surface area contributed by atoms with E-state index in [0.29, 0.717) is 12.8 Å². The Bertz CT molecular complexity index is 1100. The van der Waals surface area contributed by atoms with Gasteiger partial charge in [-0.3, -0.25) is 14.4 Å². The van der Waals surface area contributed by atoms with Gasteiger partial charge in [-0.2, -0.15) is 9.10 Å². The van der Waals surface area contributed by atoms with E-state index >= 15 is 0 Å². The van der Waals surface area contributed by atoms with Crippen LogP contribution in [0.2, 0.25) is 0 Å². The summed E-state index contributed by atoms with van der Waals surface area (Å²) in [4.78, 5) is 39.2. The van der Waals surface area contributed by atoms with Crippen LogP contribution in [0.5, 0.6) is 0 Å². The summed E-state index contributed by atoms with van der Waals surface area (Å²) < 4.78 is 32.4. The number of carbonyl (C=O) groups excluding carboxylic acids is 3. The van der Waals surface area contributed by atoms with E-state index < -0.39 is 39.7 Å². The Morgan fingerprint density at radius 1 is 1.21 bits per heavy atom. The second kappa shape index (κ2) is 11.0. The Kier molecular flexibility index (Phi) is 8.33. The zero-order valence-electron chi connectivity index (χ0n) is 18.5. The van der Waals surface area contributed by atoms with Crippen molar-refractivity contribution >= 4 is 39.2 Å². The molecule has 0 spiro atoms. The molecule has 1 aliphatic heterocycles. The molecule has 2 heterocycles. The smallest absolute Gasteiger partial charge is 0.289 e. The highest BCUT2D eigenvalue weighted by Gasteiger charge is 2.32. The van der Waals surface area contributed by atoms with E-state index in [1.165, 1.54) is 23.7 Å². The molecule has 11 heteroatoms. The Morgan fingerprint density at radius 3 is 2.64 bits per heavy atom. The number of nitrogens with one attached hydrogen (secondary N) is 3. The molecule has 0 fully saturated rings. The second-order valence-corrected chi connectivity index (χ2v) is 11.0. The molecule has 2 atom stereocenters. The van der Waals surface area contributed by atoms with Crippen molar-refractivity contribution in [3.63, 3.8) is 0 Å². The van der Waals surface area contributed by atoms with Gasteiger partial charge in [-0.15, -0.1) is 0 Å². The molecule has 0 saturated heterocycles. The Balaban J connectivity index is 1.78. The van der Waals surface area contributed by atoms with Crippen molar-refractivity contribution in [3.8, 4) is 0 Å². The molecule has 9 nitrogen and oxygen atoms in total. The third-order valence-electron chi connectivity index (χ3n) is 5.19. The number of sulfonamides is 1. The molecule has 178 valence electrons. The maximum absolute atomic E-state index is 13.1. The lowest BCUT2D eigenvalue weighted by atomic mass is 10.0. The first-order chi connectivity index (χ1) is 15.7. The average Bonchev–Trinajstić information content (AvgIpc) is 3.22. The molecule has 1 aromatic carbocycles. The zero-order valence-corrected chi connectivity index (χ0v) is 20.2. The maximum atomic E-state index is 13.1. The number of benzene rings is 1. The average molecular weight is 493 g/mol. The minimum absolute atomic E-state index is 0.00129. The van der Waals surface area contributed by atoms with Gasteiger partial charge in [0.15, 0.2) is 0 Å². The predicted molar refractivity (Wildman–Crippen MR) is 124 cm³/mol. The monoisotopic (exact) mass is 492 g/mol. The Hall–Kier alpha value is -2.63. The molecule has 2 aromatic rings. The lowest BCUT2D eigenvalue weighted by molar-refractivity contribution is -0.140. The molecule has 0 radical (unpaired) electrons. The Labute approximate surface area is 197 Å². The van der Waals surface area contributed by atoms with Crippen LogP contribution in [0.4, 0.5) is 0 Å². The quantitative estimate of drug-likeness (QED) is 0.497. The molecule has 2 unspecified atom stereocenters. The van der Waals surface area contributed by atoms with Crippen molar-refractivity contribution in [1.29, 1.82) is 0 Å². The minimum Gasteiger partial charge on any atom is -0.349 e. The van der Waals surface area contributed by atoms with Crippen molar-refractivity contribution in [2.24, 2.45) is 5.92 Å². The van der Waals surface area contributed by atoms with E-state index in [1.54, 1.807) is 18.2 Å². The first kappa shape index (κ1) is 25.0. The van der Waals surface area contributed by atoms with Crippen molar-refractivity contribution in [1.82, 2.24) is 19.7 Å². The van der Waals surface area contributed by atoms with Crippen molar-refractivity contribution in [3.05, 3.63) is 47.0 Å². The second-order valence-electron chi connectivity index (χ2n) is 8.37. The predicted octanol–water partition coefficient (Wildman–Crippen LogP) is 1.20. The van der Waals surface area contributed by atoms with Crippen LogP contribution in [-0.2, 0) is 37.2 Å². The van der Waals surface area contributed by atoms with Crippen LogP contribution < -0.4 is 15.4 Å². The van der Waals surface area contributed by atoms with Crippen LogP contribution in [0, 0.1) is 5.92 Å². The maximum Gasteiger partial charge on any atom is 0.289 e. The van der Waals surface area contributed by atoms with Crippen LogP contribution >= 0.6 is 11.5 Å². The fourth-order valence-corrected chi connectivity index (χ4v) is 5.51.